The Labute approximate surface area is 95.1 Å². The third-order valence-corrected chi connectivity index (χ3v) is 3.61. The predicted molar refractivity (Wildman–Crippen MR) is 67.1 cm³/mol. The zero-order valence-electron chi connectivity index (χ0n) is 8.97. The van der Waals surface area contributed by atoms with Crippen molar-refractivity contribution in [3.8, 4) is 0 Å². The first-order valence-electron chi connectivity index (χ1n) is 4.87. The molecule has 0 aromatic heterocycles. The van der Waals surface area contributed by atoms with Gasteiger partial charge < -0.3 is 0 Å². The summed E-state index contributed by atoms with van der Waals surface area (Å²) in [6, 6.07) is 10.9. The van der Waals surface area contributed by atoms with Crippen molar-refractivity contribution in [1.29, 1.82) is 0 Å². The number of hydrogen-bond donors (Lipinski definition) is 0. The first-order chi connectivity index (χ1) is 7.50. The molecule has 0 aliphatic heterocycles. The van der Waals surface area contributed by atoms with Crippen LogP contribution in [-0.2, 0) is 9.84 Å². The average molecular weight is 232 g/mol. The van der Waals surface area contributed by atoms with E-state index in [-0.39, 0.29) is 0 Å². The molecule has 0 saturated carbocycles. The number of sulfone groups is 1. The fraction of sp³-hybridized carbons (Fsp3) is 0.0769. The van der Waals surface area contributed by atoms with Gasteiger partial charge in [-0.1, -0.05) is 30.9 Å². The standard InChI is InChI=1S/C13H12O2S/c1-3-10-4-5-12-9-13(16(2,14)15)7-6-11(12)8-10/h3-9H,1H2,2H3. The lowest BCUT2D eigenvalue weighted by atomic mass is 10.1. The summed E-state index contributed by atoms with van der Waals surface area (Å²) in [5, 5.41) is 1.94. The van der Waals surface area contributed by atoms with Crippen LogP contribution in [0, 0.1) is 0 Å². The number of hydrogen-bond acceptors (Lipinski definition) is 2. The van der Waals surface area contributed by atoms with Crippen molar-refractivity contribution in [3.63, 3.8) is 0 Å². The van der Waals surface area contributed by atoms with Gasteiger partial charge in [-0.25, -0.2) is 8.42 Å². The van der Waals surface area contributed by atoms with Crippen LogP contribution in [0.15, 0.2) is 47.9 Å². The molecule has 82 valence electrons. The van der Waals surface area contributed by atoms with Gasteiger partial charge in [-0.2, -0.15) is 0 Å². The van der Waals surface area contributed by atoms with E-state index in [0.717, 1.165) is 16.3 Å². The Kier molecular flexibility index (Phi) is 2.56. The van der Waals surface area contributed by atoms with E-state index in [4.69, 9.17) is 0 Å². The number of rotatable bonds is 2. The number of fused-ring (bicyclic) bond motifs is 1. The third kappa shape index (κ3) is 1.99. The molecule has 0 spiro atoms. The summed E-state index contributed by atoms with van der Waals surface area (Å²) in [5.74, 6) is 0. The lowest BCUT2D eigenvalue weighted by Crippen LogP contribution is -1.96. The van der Waals surface area contributed by atoms with Gasteiger partial charge in [0.25, 0.3) is 0 Å². The summed E-state index contributed by atoms with van der Waals surface area (Å²) in [6.45, 7) is 3.70. The molecule has 2 aromatic rings. The highest BCUT2D eigenvalue weighted by molar-refractivity contribution is 7.90. The average Bonchev–Trinajstić information content (AvgIpc) is 2.26. The molecule has 2 aromatic carbocycles. The molecule has 0 N–H and O–H groups in total. The quantitative estimate of drug-likeness (QED) is 0.797. The van der Waals surface area contributed by atoms with Crippen LogP contribution < -0.4 is 0 Å². The van der Waals surface area contributed by atoms with Crippen LogP contribution in [0.1, 0.15) is 5.56 Å². The molecule has 0 radical (unpaired) electrons. The molecular weight excluding hydrogens is 220 g/mol. The maximum atomic E-state index is 11.4. The minimum atomic E-state index is -3.13. The maximum absolute atomic E-state index is 11.4. The second-order valence-corrected chi connectivity index (χ2v) is 5.76. The molecule has 2 rings (SSSR count). The molecule has 0 aliphatic rings. The fourth-order valence-corrected chi connectivity index (χ4v) is 2.26. The maximum Gasteiger partial charge on any atom is 0.175 e. The van der Waals surface area contributed by atoms with Gasteiger partial charge in [0.05, 0.1) is 4.90 Å². The minimum absolute atomic E-state index is 0.353. The second-order valence-electron chi connectivity index (χ2n) is 3.74. The van der Waals surface area contributed by atoms with E-state index in [0.29, 0.717) is 4.90 Å². The highest BCUT2D eigenvalue weighted by atomic mass is 32.2. The van der Waals surface area contributed by atoms with E-state index in [9.17, 15) is 8.42 Å². The third-order valence-electron chi connectivity index (χ3n) is 2.50. The van der Waals surface area contributed by atoms with Gasteiger partial charge in [-0.3, -0.25) is 0 Å². The molecule has 0 atom stereocenters. The predicted octanol–water partition coefficient (Wildman–Crippen LogP) is 2.89. The molecule has 0 saturated heterocycles. The molecular formula is C13H12O2S. The summed E-state index contributed by atoms with van der Waals surface area (Å²) in [6.07, 6.45) is 2.98. The summed E-state index contributed by atoms with van der Waals surface area (Å²) in [7, 11) is -3.13. The molecule has 0 bridgehead atoms. The SMILES string of the molecule is C=Cc1ccc2cc(S(C)(=O)=O)ccc2c1. The highest BCUT2D eigenvalue weighted by Gasteiger charge is 2.07. The zero-order chi connectivity index (χ0) is 11.8. The van der Waals surface area contributed by atoms with Gasteiger partial charge in [0.15, 0.2) is 9.84 Å². The molecule has 16 heavy (non-hydrogen) atoms. The van der Waals surface area contributed by atoms with Crippen molar-refractivity contribution in [2.45, 2.75) is 4.90 Å². The fourth-order valence-electron chi connectivity index (χ4n) is 1.60. The zero-order valence-corrected chi connectivity index (χ0v) is 9.79. The van der Waals surface area contributed by atoms with Gasteiger partial charge in [-0.05, 0) is 34.5 Å². The Morgan fingerprint density at radius 3 is 2.31 bits per heavy atom. The summed E-state index contributed by atoms with van der Waals surface area (Å²) < 4.78 is 22.8. The van der Waals surface area contributed by atoms with Crippen molar-refractivity contribution in [3.05, 3.63) is 48.5 Å². The molecule has 0 amide bonds. The normalized spacial score (nSPS) is 11.6. The van der Waals surface area contributed by atoms with E-state index < -0.39 is 9.84 Å². The Balaban J connectivity index is 2.69. The molecule has 0 unspecified atom stereocenters. The lowest BCUT2D eigenvalue weighted by Gasteiger charge is -2.02. The van der Waals surface area contributed by atoms with Gasteiger partial charge in [0.1, 0.15) is 0 Å². The van der Waals surface area contributed by atoms with Crippen molar-refractivity contribution in [1.82, 2.24) is 0 Å². The van der Waals surface area contributed by atoms with Gasteiger partial charge in [0, 0.05) is 6.26 Å². The van der Waals surface area contributed by atoms with Crippen LogP contribution in [0.5, 0.6) is 0 Å². The van der Waals surface area contributed by atoms with Gasteiger partial charge >= 0.3 is 0 Å². The summed E-state index contributed by atoms with van der Waals surface area (Å²) in [4.78, 5) is 0.353. The van der Waals surface area contributed by atoms with Crippen molar-refractivity contribution >= 4 is 26.7 Å². The smallest absolute Gasteiger partial charge is 0.175 e. The Hall–Kier alpha value is -1.61. The van der Waals surface area contributed by atoms with Crippen molar-refractivity contribution < 1.29 is 8.42 Å². The van der Waals surface area contributed by atoms with Crippen molar-refractivity contribution in [2.24, 2.45) is 0 Å². The van der Waals surface area contributed by atoms with Crippen LogP contribution in [0.3, 0.4) is 0 Å². The second kappa shape index (κ2) is 3.76. The number of benzene rings is 2. The Morgan fingerprint density at radius 1 is 1.06 bits per heavy atom. The largest absolute Gasteiger partial charge is 0.224 e. The molecule has 2 nitrogen and oxygen atoms in total. The van der Waals surface area contributed by atoms with E-state index in [2.05, 4.69) is 6.58 Å². The first kappa shape index (κ1) is 10.9. The summed E-state index contributed by atoms with van der Waals surface area (Å²) >= 11 is 0. The van der Waals surface area contributed by atoms with E-state index in [1.165, 1.54) is 6.26 Å². The molecule has 0 aliphatic carbocycles. The van der Waals surface area contributed by atoms with E-state index in [1.54, 1.807) is 18.2 Å². The molecule has 3 heteroatoms. The van der Waals surface area contributed by atoms with Crippen LogP contribution in [-0.4, -0.2) is 14.7 Å². The van der Waals surface area contributed by atoms with E-state index >= 15 is 0 Å². The van der Waals surface area contributed by atoms with Crippen LogP contribution in [0.4, 0.5) is 0 Å². The Morgan fingerprint density at radius 2 is 1.69 bits per heavy atom. The topological polar surface area (TPSA) is 34.1 Å². The highest BCUT2D eigenvalue weighted by Crippen LogP contribution is 2.20. The first-order valence-corrected chi connectivity index (χ1v) is 6.76. The minimum Gasteiger partial charge on any atom is -0.224 e. The van der Waals surface area contributed by atoms with Crippen LogP contribution in [0.2, 0.25) is 0 Å². The summed E-state index contributed by atoms with van der Waals surface area (Å²) in [5.41, 5.74) is 1.03. The lowest BCUT2D eigenvalue weighted by molar-refractivity contribution is 0.602. The van der Waals surface area contributed by atoms with Crippen LogP contribution >= 0.6 is 0 Å². The van der Waals surface area contributed by atoms with Gasteiger partial charge in [-0.15, -0.1) is 0 Å². The molecule has 0 fully saturated rings. The van der Waals surface area contributed by atoms with Gasteiger partial charge in [0.2, 0.25) is 0 Å². The van der Waals surface area contributed by atoms with Crippen LogP contribution in [0.25, 0.3) is 16.8 Å². The Bertz CT molecular complexity index is 655. The molecule has 0 heterocycles. The van der Waals surface area contributed by atoms with E-state index in [1.807, 2.05) is 24.3 Å². The van der Waals surface area contributed by atoms with Crippen molar-refractivity contribution in [2.75, 3.05) is 6.26 Å². The monoisotopic (exact) mass is 232 g/mol.